The molecule has 1 aromatic heterocycles. The molecule has 0 amide bonds. The second kappa shape index (κ2) is 10.9. The Kier molecular flexibility index (Phi) is 6.29. The maximum atomic E-state index is 6.96. The van der Waals surface area contributed by atoms with Gasteiger partial charge >= 0.3 is 0 Å². The van der Waals surface area contributed by atoms with Gasteiger partial charge in [0.15, 0.2) is 0 Å². The van der Waals surface area contributed by atoms with E-state index >= 15 is 0 Å². The van der Waals surface area contributed by atoms with Crippen molar-refractivity contribution in [2.75, 3.05) is 4.90 Å². The van der Waals surface area contributed by atoms with Gasteiger partial charge in [-0.25, -0.2) is 0 Å². The van der Waals surface area contributed by atoms with Crippen molar-refractivity contribution in [2.24, 2.45) is 0 Å². The quantitative estimate of drug-likeness (QED) is 0.180. The summed E-state index contributed by atoms with van der Waals surface area (Å²) in [5.74, 6) is 0. The van der Waals surface area contributed by atoms with Gasteiger partial charge < -0.3 is 9.32 Å². The van der Waals surface area contributed by atoms with Gasteiger partial charge in [0.05, 0.1) is 5.69 Å². The summed E-state index contributed by atoms with van der Waals surface area (Å²) in [6, 6.07) is 56.7. The second-order valence-electron chi connectivity index (χ2n) is 18.1. The Balaban J connectivity index is 1.21. The van der Waals surface area contributed by atoms with Crippen LogP contribution in [0.4, 0.5) is 17.1 Å². The Labute approximate surface area is 334 Å². The van der Waals surface area contributed by atoms with Crippen molar-refractivity contribution >= 4 is 49.8 Å². The molecule has 0 radical (unpaired) electrons. The molecular formula is C55H43NO. The fourth-order valence-corrected chi connectivity index (χ4v) is 11.3. The molecule has 2 nitrogen and oxygen atoms in total. The highest BCUT2D eigenvalue weighted by Gasteiger charge is 2.42. The molecule has 12 rings (SSSR count). The molecule has 0 fully saturated rings. The third kappa shape index (κ3) is 4.10. The number of hydrogen-bond donors (Lipinski definition) is 0. The first-order chi connectivity index (χ1) is 27.6. The predicted octanol–water partition coefficient (Wildman–Crippen LogP) is 15.1. The van der Waals surface area contributed by atoms with Crippen molar-refractivity contribution in [1.29, 1.82) is 0 Å². The minimum Gasteiger partial charge on any atom is -0.455 e. The SMILES string of the molecule is CC1(C)c2ccccc2-c2ccc(N(c3ccc4c(c3)C(C)(C)c3ccccc3-4)c3cccc4c3c3c(c5c6ccccc6oc45)C(C)(C)c4ccccc4-3)cc21. The lowest BCUT2D eigenvalue weighted by Gasteiger charge is -2.31. The van der Waals surface area contributed by atoms with Crippen LogP contribution < -0.4 is 4.90 Å². The Bertz CT molecular complexity index is 3120. The maximum Gasteiger partial charge on any atom is 0.143 e. The number of anilines is 3. The summed E-state index contributed by atoms with van der Waals surface area (Å²) < 4.78 is 6.96. The van der Waals surface area contributed by atoms with E-state index in [4.69, 9.17) is 4.42 Å². The fraction of sp³-hybridized carbons (Fsp3) is 0.164. The summed E-state index contributed by atoms with van der Waals surface area (Å²) in [4.78, 5) is 2.55. The maximum absolute atomic E-state index is 6.96. The molecule has 1 heterocycles. The normalized spacial score (nSPS) is 16.0. The summed E-state index contributed by atoms with van der Waals surface area (Å²) in [5, 5.41) is 4.77. The fourth-order valence-electron chi connectivity index (χ4n) is 11.3. The van der Waals surface area contributed by atoms with Crippen LogP contribution in [0.25, 0.3) is 66.1 Å². The topological polar surface area (TPSA) is 16.4 Å². The van der Waals surface area contributed by atoms with Gasteiger partial charge in [0.2, 0.25) is 0 Å². The van der Waals surface area contributed by atoms with Crippen molar-refractivity contribution in [3.8, 4) is 33.4 Å². The van der Waals surface area contributed by atoms with Crippen LogP contribution in [0.2, 0.25) is 0 Å². The highest BCUT2D eigenvalue weighted by molar-refractivity contribution is 6.26. The zero-order chi connectivity index (χ0) is 38.6. The number of hydrogen-bond acceptors (Lipinski definition) is 2. The molecule has 0 bridgehead atoms. The molecule has 0 N–H and O–H groups in total. The number of para-hydroxylation sites is 1. The molecule has 0 spiro atoms. The van der Waals surface area contributed by atoms with Crippen molar-refractivity contribution in [3.63, 3.8) is 0 Å². The molecule has 0 atom stereocenters. The number of nitrogens with zero attached hydrogens (tertiary/aromatic N) is 1. The van der Waals surface area contributed by atoms with Crippen LogP contribution >= 0.6 is 0 Å². The molecular weight excluding hydrogens is 691 g/mol. The predicted molar refractivity (Wildman–Crippen MR) is 239 cm³/mol. The minimum atomic E-state index is -0.240. The van der Waals surface area contributed by atoms with Gasteiger partial charge in [-0.2, -0.15) is 0 Å². The largest absolute Gasteiger partial charge is 0.455 e. The Morgan fingerprint density at radius 1 is 0.404 bits per heavy atom. The lowest BCUT2D eigenvalue weighted by molar-refractivity contribution is 0.659. The van der Waals surface area contributed by atoms with E-state index in [9.17, 15) is 0 Å². The van der Waals surface area contributed by atoms with Gasteiger partial charge in [-0.1, -0.05) is 157 Å². The van der Waals surface area contributed by atoms with Crippen LogP contribution in [-0.4, -0.2) is 0 Å². The van der Waals surface area contributed by atoms with Crippen molar-refractivity contribution < 1.29 is 4.42 Å². The molecule has 2 heteroatoms. The van der Waals surface area contributed by atoms with Crippen LogP contribution in [0.5, 0.6) is 0 Å². The number of benzene rings is 8. The van der Waals surface area contributed by atoms with Gasteiger partial charge in [0, 0.05) is 49.2 Å². The summed E-state index contributed by atoms with van der Waals surface area (Å²) >= 11 is 0. The zero-order valence-electron chi connectivity index (χ0n) is 33.3. The molecule has 0 unspecified atom stereocenters. The molecule has 0 saturated heterocycles. The Morgan fingerprint density at radius 2 is 0.895 bits per heavy atom. The van der Waals surface area contributed by atoms with Crippen LogP contribution in [-0.2, 0) is 16.2 Å². The average Bonchev–Trinajstić information content (AvgIpc) is 3.87. The highest BCUT2D eigenvalue weighted by Crippen LogP contribution is 2.59. The number of furan rings is 1. The molecule has 3 aliphatic carbocycles. The summed E-state index contributed by atoms with van der Waals surface area (Å²) in [5.41, 5.74) is 20.9. The first-order valence-electron chi connectivity index (χ1n) is 20.4. The van der Waals surface area contributed by atoms with Crippen LogP contribution in [0.15, 0.2) is 156 Å². The van der Waals surface area contributed by atoms with E-state index < -0.39 is 0 Å². The van der Waals surface area contributed by atoms with Gasteiger partial charge in [-0.05, 0) is 103 Å². The lowest BCUT2D eigenvalue weighted by atomic mass is 9.79. The van der Waals surface area contributed by atoms with Crippen LogP contribution in [0.1, 0.15) is 74.9 Å². The van der Waals surface area contributed by atoms with E-state index in [0.717, 1.165) is 33.6 Å². The highest BCUT2D eigenvalue weighted by atomic mass is 16.3. The van der Waals surface area contributed by atoms with Crippen molar-refractivity contribution in [2.45, 2.75) is 57.8 Å². The lowest BCUT2D eigenvalue weighted by Crippen LogP contribution is -2.18. The van der Waals surface area contributed by atoms with E-state index in [1.165, 1.54) is 82.9 Å². The second-order valence-corrected chi connectivity index (χ2v) is 18.1. The number of fused-ring (bicyclic) bond motifs is 16. The standard InChI is InChI=1S/C55H43NO/c1-53(2)41-21-11-7-16-34(41)36-28-26-32(30-44(36)53)56(33-27-29-37-35-17-8-12-22-42(35)54(3,4)45(37)31-33)46-24-15-20-40-48(46)49-38-18-9-13-23-43(38)55(5,6)51(49)50-39-19-10-14-25-47(39)57-52(40)50/h7-31H,1-6H3. The monoisotopic (exact) mass is 733 g/mol. The first kappa shape index (κ1) is 32.8. The van der Waals surface area contributed by atoms with Crippen LogP contribution in [0.3, 0.4) is 0 Å². The smallest absolute Gasteiger partial charge is 0.143 e. The molecule has 0 saturated carbocycles. The zero-order valence-corrected chi connectivity index (χ0v) is 33.3. The van der Waals surface area contributed by atoms with E-state index in [-0.39, 0.29) is 16.2 Å². The molecule has 3 aliphatic rings. The van der Waals surface area contributed by atoms with E-state index in [0.29, 0.717) is 0 Å². The van der Waals surface area contributed by atoms with Gasteiger partial charge in [-0.3, -0.25) is 0 Å². The first-order valence-corrected chi connectivity index (χ1v) is 20.4. The molecule has 274 valence electrons. The summed E-state index contributed by atoms with van der Waals surface area (Å²) in [6.07, 6.45) is 0. The van der Waals surface area contributed by atoms with Gasteiger partial charge in [0.25, 0.3) is 0 Å². The van der Waals surface area contributed by atoms with E-state index in [1.807, 2.05) is 0 Å². The third-order valence-corrected chi connectivity index (χ3v) is 14.0. The van der Waals surface area contributed by atoms with E-state index in [1.54, 1.807) is 0 Å². The third-order valence-electron chi connectivity index (χ3n) is 14.0. The molecule has 57 heavy (non-hydrogen) atoms. The van der Waals surface area contributed by atoms with Crippen LogP contribution in [0, 0.1) is 0 Å². The molecule has 0 aliphatic heterocycles. The molecule has 9 aromatic rings. The van der Waals surface area contributed by atoms with E-state index in [2.05, 4.69) is 198 Å². The van der Waals surface area contributed by atoms with Gasteiger partial charge in [-0.15, -0.1) is 0 Å². The van der Waals surface area contributed by atoms with Gasteiger partial charge in [0.1, 0.15) is 11.2 Å². The number of rotatable bonds is 3. The minimum absolute atomic E-state index is 0.140. The summed E-state index contributed by atoms with van der Waals surface area (Å²) in [6.45, 7) is 14.3. The van der Waals surface area contributed by atoms with Crippen molar-refractivity contribution in [1.82, 2.24) is 0 Å². The Morgan fingerprint density at radius 3 is 1.51 bits per heavy atom. The average molecular weight is 734 g/mol. The Hall–Kier alpha value is -6.38. The van der Waals surface area contributed by atoms with Crippen molar-refractivity contribution in [3.05, 3.63) is 185 Å². The summed E-state index contributed by atoms with van der Waals surface area (Å²) in [7, 11) is 0. The molecule has 8 aromatic carbocycles.